The van der Waals surface area contributed by atoms with E-state index < -0.39 is 18.9 Å². The van der Waals surface area contributed by atoms with Gasteiger partial charge in [0.05, 0.1) is 5.56 Å². The summed E-state index contributed by atoms with van der Waals surface area (Å²) < 4.78 is 5.44. The van der Waals surface area contributed by atoms with Gasteiger partial charge in [0.1, 0.15) is 17.3 Å². The number of ketones is 2. The normalized spacial score (nSPS) is 15.4. The first-order valence-electron chi connectivity index (χ1n) is 9.62. The Morgan fingerprint density at radius 1 is 1.10 bits per heavy atom. The zero-order valence-electron chi connectivity index (χ0n) is 16.3. The molecular weight excluding hydrogens is 371 g/mol. The first-order chi connectivity index (χ1) is 13.8. The molecule has 0 saturated carbocycles. The highest BCUT2D eigenvalue weighted by Crippen LogP contribution is 2.36. The van der Waals surface area contributed by atoms with Gasteiger partial charge in [-0.15, -0.1) is 0 Å². The van der Waals surface area contributed by atoms with Gasteiger partial charge in [0.2, 0.25) is 0 Å². The van der Waals surface area contributed by atoms with Crippen LogP contribution in [0.4, 0.5) is 0 Å². The lowest BCUT2D eigenvalue weighted by molar-refractivity contribution is -0.119. The Morgan fingerprint density at radius 3 is 2.45 bits per heavy atom. The summed E-state index contributed by atoms with van der Waals surface area (Å²) in [7, 11) is -1.22. The van der Waals surface area contributed by atoms with Gasteiger partial charge in [-0.3, -0.25) is 4.79 Å². The van der Waals surface area contributed by atoms with Crippen LogP contribution in [-0.2, 0) is 28.9 Å². The molecule has 6 nitrogen and oxygen atoms in total. The van der Waals surface area contributed by atoms with E-state index in [1.54, 1.807) is 19.1 Å². The fourth-order valence-electron chi connectivity index (χ4n) is 3.56. The first-order valence-corrected chi connectivity index (χ1v) is 9.62. The number of aromatic carboxylic acids is 1. The van der Waals surface area contributed by atoms with Crippen molar-refractivity contribution < 1.29 is 29.2 Å². The van der Waals surface area contributed by atoms with E-state index in [1.807, 2.05) is 24.3 Å². The van der Waals surface area contributed by atoms with Gasteiger partial charge in [0, 0.05) is 25.1 Å². The minimum atomic E-state index is -1.22. The summed E-state index contributed by atoms with van der Waals surface area (Å²) in [5.41, 5.74) is 2.62. The SMILES string of the molecule is CC(=O)CCc1ccc(CC(=O)C[C@H]2Cc3cccc(C(=O)O)c3OB2O)cc1. The van der Waals surface area contributed by atoms with Crippen LogP contribution in [-0.4, -0.2) is 34.8 Å². The van der Waals surface area contributed by atoms with Gasteiger partial charge in [-0.05, 0) is 42.5 Å². The van der Waals surface area contributed by atoms with Crippen LogP contribution >= 0.6 is 0 Å². The third kappa shape index (κ3) is 5.32. The Kier molecular flexibility index (Phi) is 6.49. The minimum absolute atomic E-state index is 0.0104. The van der Waals surface area contributed by atoms with Crippen LogP contribution in [0.1, 0.15) is 46.8 Å². The fourth-order valence-corrected chi connectivity index (χ4v) is 3.56. The summed E-state index contributed by atoms with van der Waals surface area (Å²) in [6, 6.07) is 12.4. The molecule has 0 radical (unpaired) electrons. The first kappa shape index (κ1) is 20.8. The van der Waals surface area contributed by atoms with Crippen molar-refractivity contribution in [3.8, 4) is 5.75 Å². The highest BCUT2D eigenvalue weighted by Gasteiger charge is 2.37. The molecule has 0 spiro atoms. The maximum absolute atomic E-state index is 12.5. The van der Waals surface area contributed by atoms with Crippen molar-refractivity contribution in [2.75, 3.05) is 0 Å². The second-order valence-electron chi connectivity index (χ2n) is 7.51. The van der Waals surface area contributed by atoms with Crippen LogP contribution in [0.25, 0.3) is 0 Å². The van der Waals surface area contributed by atoms with Crippen LogP contribution in [0.3, 0.4) is 0 Å². The number of carbonyl (C=O) groups is 3. The molecule has 0 aromatic heterocycles. The summed E-state index contributed by atoms with van der Waals surface area (Å²) in [6.07, 6.45) is 1.96. The van der Waals surface area contributed by atoms with E-state index in [9.17, 15) is 24.5 Å². The monoisotopic (exact) mass is 394 g/mol. The van der Waals surface area contributed by atoms with Crippen LogP contribution < -0.4 is 4.65 Å². The number of hydrogen-bond donors (Lipinski definition) is 2. The van der Waals surface area contributed by atoms with E-state index in [0.29, 0.717) is 24.8 Å². The Labute approximate surface area is 169 Å². The van der Waals surface area contributed by atoms with Gasteiger partial charge in [0.15, 0.2) is 0 Å². The van der Waals surface area contributed by atoms with Crippen molar-refractivity contribution in [1.29, 1.82) is 0 Å². The Morgan fingerprint density at radius 2 is 1.79 bits per heavy atom. The maximum Gasteiger partial charge on any atom is 0.526 e. The van der Waals surface area contributed by atoms with E-state index in [0.717, 1.165) is 11.1 Å². The number of para-hydroxylation sites is 1. The third-order valence-corrected chi connectivity index (χ3v) is 5.13. The molecule has 0 amide bonds. The van der Waals surface area contributed by atoms with E-state index in [2.05, 4.69) is 0 Å². The van der Waals surface area contributed by atoms with Gasteiger partial charge < -0.3 is 19.6 Å². The van der Waals surface area contributed by atoms with E-state index in [1.165, 1.54) is 6.07 Å². The Bertz CT molecular complexity index is 921. The summed E-state index contributed by atoms with van der Waals surface area (Å²) in [4.78, 5) is 34.9. The van der Waals surface area contributed by atoms with Gasteiger partial charge in [-0.25, -0.2) is 4.79 Å². The molecule has 1 heterocycles. The quantitative estimate of drug-likeness (QED) is 0.668. The maximum atomic E-state index is 12.5. The average molecular weight is 394 g/mol. The molecule has 1 aliphatic heterocycles. The summed E-state index contributed by atoms with van der Waals surface area (Å²) in [6.45, 7) is 1.57. The number of carbonyl (C=O) groups excluding carboxylic acids is 2. The van der Waals surface area contributed by atoms with Crippen molar-refractivity contribution in [1.82, 2.24) is 0 Å². The molecule has 1 atom stereocenters. The van der Waals surface area contributed by atoms with Crippen LogP contribution in [0.15, 0.2) is 42.5 Å². The molecular formula is C22H23BO6. The number of fused-ring (bicyclic) bond motifs is 1. The molecule has 0 bridgehead atoms. The average Bonchev–Trinajstić information content (AvgIpc) is 2.67. The number of carboxylic acids is 1. The zero-order valence-corrected chi connectivity index (χ0v) is 16.3. The number of benzene rings is 2. The molecule has 2 N–H and O–H groups in total. The van der Waals surface area contributed by atoms with Gasteiger partial charge in [-0.2, -0.15) is 0 Å². The predicted molar refractivity (Wildman–Crippen MR) is 108 cm³/mol. The number of aryl methyl sites for hydroxylation is 1. The van der Waals surface area contributed by atoms with Crippen LogP contribution in [0.2, 0.25) is 5.82 Å². The second kappa shape index (κ2) is 9.05. The lowest BCUT2D eigenvalue weighted by Gasteiger charge is -2.28. The van der Waals surface area contributed by atoms with Crippen molar-refractivity contribution in [2.24, 2.45) is 0 Å². The molecule has 29 heavy (non-hydrogen) atoms. The Hall–Kier alpha value is -2.93. The molecule has 0 aliphatic carbocycles. The van der Waals surface area contributed by atoms with Gasteiger partial charge in [0.25, 0.3) is 0 Å². The lowest BCUT2D eigenvalue weighted by Crippen LogP contribution is -2.36. The third-order valence-electron chi connectivity index (χ3n) is 5.13. The zero-order chi connectivity index (χ0) is 21.0. The highest BCUT2D eigenvalue weighted by molar-refractivity contribution is 6.47. The molecule has 0 unspecified atom stereocenters. The van der Waals surface area contributed by atoms with Crippen molar-refractivity contribution in [3.05, 3.63) is 64.7 Å². The van der Waals surface area contributed by atoms with Crippen molar-refractivity contribution >= 4 is 24.7 Å². The summed E-state index contributed by atoms with van der Waals surface area (Å²) >= 11 is 0. The molecule has 2 aromatic carbocycles. The summed E-state index contributed by atoms with van der Waals surface area (Å²) in [5.74, 6) is -1.23. The smallest absolute Gasteiger partial charge is 0.526 e. The van der Waals surface area contributed by atoms with Gasteiger partial charge >= 0.3 is 13.1 Å². The topological polar surface area (TPSA) is 101 Å². The van der Waals surface area contributed by atoms with Crippen LogP contribution in [0.5, 0.6) is 5.75 Å². The van der Waals surface area contributed by atoms with Gasteiger partial charge in [-0.1, -0.05) is 36.4 Å². The number of hydrogen-bond acceptors (Lipinski definition) is 5. The molecule has 7 heteroatoms. The molecule has 150 valence electrons. The predicted octanol–water partition coefficient (Wildman–Crippen LogP) is 2.89. The van der Waals surface area contributed by atoms with Crippen molar-refractivity contribution in [2.45, 2.75) is 44.8 Å². The Balaban J connectivity index is 1.60. The van der Waals surface area contributed by atoms with E-state index >= 15 is 0 Å². The largest absolute Gasteiger partial charge is 0.535 e. The van der Waals surface area contributed by atoms with Crippen molar-refractivity contribution in [3.63, 3.8) is 0 Å². The number of Topliss-reactive ketones (excluding diaryl/α,β-unsaturated/α-hetero) is 2. The molecule has 3 rings (SSSR count). The number of rotatable bonds is 8. The molecule has 0 saturated heterocycles. The highest BCUT2D eigenvalue weighted by atomic mass is 16.5. The van der Waals surface area contributed by atoms with Crippen LogP contribution in [0, 0.1) is 0 Å². The lowest BCUT2D eigenvalue weighted by atomic mass is 9.64. The number of carboxylic acid groups (broad SMARTS) is 1. The van der Waals surface area contributed by atoms with E-state index in [-0.39, 0.29) is 35.7 Å². The molecule has 1 aliphatic rings. The second-order valence-corrected chi connectivity index (χ2v) is 7.51. The van der Waals surface area contributed by atoms with E-state index in [4.69, 9.17) is 4.65 Å². The fraction of sp³-hybridized carbons (Fsp3) is 0.318. The molecule has 0 fully saturated rings. The summed E-state index contributed by atoms with van der Waals surface area (Å²) in [5, 5.41) is 19.5. The standard InChI is InChI=1S/C22H23BO6/c1-14(24)5-6-15-7-9-16(10-8-15)11-19(25)13-18-12-17-3-2-4-20(22(26)27)21(17)29-23(18)28/h2-4,7-10,18,28H,5-6,11-13H2,1H3,(H,26,27)/t18-/m1/s1. The molecule has 2 aromatic rings. The minimum Gasteiger partial charge on any atom is -0.535 e.